The van der Waals surface area contributed by atoms with E-state index in [-0.39, 0.29) is 18.9 Å². The van der Waals surface area contributed by atoms with Crippen LogP contribution in [-0.2, 0) is 10.2 Å². The summed E-state index contributed by atoms with van der Waals surface area (Å²) in [5, 5.41) is 11.3. The van der Waals surface area contributed by atoms with Gasteiger partial charge in [0.15, 0.2) is 0 Å². The standard InChI is InChI=1S/C14H20O2.Li/c1-3-4-8-11-14(2,13(15)16)12-9-6-5-7-10-12;/h5-7,9-10H,3-4,8,11H2,1-2H3,(H,15,16);/q;+1/p-1. The second-order valence-electron chi connectivity index (χ2n) is 4.44. The molecule has 1 aromatic carbocycles. The van der Waals surface area contributed by atoms with Crippen LogP contribution in [0.5, 0.6) is 0 Å². The second-order valence-corrected chi connectivity index (χ2v) is 4.44. The molecule has 0 heterocycles. The van der Waals surface area contributed by atoms with Crippen LogP contribution in [0.1, 0.15) is 45.1 Å². The van der Waals surface area contributed by atoms with Gasteiger partial charge >= 0.3 is 18.9 Å². The normalized spacial score (nSPS) is 13.5. The van der Waals surface area contributed by atoms with E-state index in [0.29, 0.717) is 6.42 Å². The van der Waals surface area contributed by atoms with Gasteiger partial charge in [-0.1, -0.05) is 63.4 Å². The van der Waals surface area contributed by atoms with E-state index in [2.05, 4.69) is 6.92 Å². The van der Waals surface area contributed by atoms with Crippen molar-refractivity contribution in [2.24, 2.45) is 0 Å². The van der Waals surface area contributed by atoms with Gasteiger partial charge in [0, 0.05) is 5.41 Å². The third kappa shape index (κ3) is 4.22. The van der Waals surface area contributed by atoms with Gasteiger partial charge in [-0.3, -0.25) is 0 Å². The summed E-state index contributed by atoms with van der Waals surface area (Å²) in [6.45, 7) is 3.87. The topological polar surface area (TPSA) is 40.1 Å². The predicted molar refractivity (Wildman–Crippen MR) is 62.9 cm³/mol. The predicted octanol–water partition coefficient (Wildman–Crippen LogP) is -0.721. The van der Waals surface area contributed by atoms with Gasteiger partial charge in [-0.25, -0.2) is 0 Å². The molecule has 0 aliphatic carbocycles. The fourth-order valence-electron chi connectivity index (χ4n) is 1.90. The Labute approximate surface area is 116 Å². The molecule has 0 amide bonds. The van der Waals surface area contributed by atoms with E-state index < -0.39 is 11.4 Å². The molecule has 0 aliphatic rings. The monoisotopic (exact) mass is 226 g/mol. The van der Waals surface area contributed by atoms with Crippen molar-refractivity contribution in [1.29, 1.82) is 0 Å². The van der Waals surface area contributed by atoms with E-state index >= 15 is 0 Å². The zero-order valence-electron chi connectivity index (χ0n) is 11.0. The Morgan fingerprint density at radius 2 is 1.82 bits per heavy atom. The van der Waals surface area contributed by atoms with E-state index in [4.69, 9.17) is 0 Å². The molecule has 0 bridgehead atoms. The van der Waals surface area contributed by atoms with Crippen LogP contribution < -0.4 is 24.0 Å². The van der Waals surface area contributed by atoms with E-state index in [1.165, 1.54) is 0 Å². The summed E-state index contributed by atoms with van der Waals surface area (Å²) in [7, 11) is 0. The van der Waals surface area contributed by atoms with Crippen LogP contribution in [0.2, 0.25) is 0 Å². The van der Waals surface area contributed by atoms with Gasteiger partial charge < -0.3 is 9.90 Å². The first kappa shape index (κ1) is 16.3. The number of hydrogen-bond acceptors (Lipinski definition) is 2. The Bertz CT molecular complexity index is 337. The fourth-order valence-corrected chi connectivity index (χ4v) is 1.90. The van der Waals surface area contributed by atoms with Gasteiger partial charge in [-0.15, -0.1) is 0 Å². The summed E-state index contributed by atoms with van der Waals surface area (Å²) in [5.74, 6) is -0.977. The number of hydrogen-bond donors (Lipinski definition) is 0. The molecule has 0 aliphatic heterocycles. The molecule has 88 valence electrons. The van der Waals surface area contributed by atoms with Crippen LogP contribution >= 0.6 is 0 Å². The molecule has 17 heavy (non-hydrogen) atoms. The Morgan fingerprint density at radius 1 is 1.24 bits per heavy atom. The molecule has 0 N–H and O–H groups in total. The molecule has 1 atom stereocenters. The molecule has 0 aromatic heterocycles. The number of carbonyl (C=O) groups excluding carboxylic acids is 1. The first-order valence-corrected chi connectivity index (χ1v) is 5.88. The van der Waals surface area contributed by atoms with Crippen LogP contribution in [0.3, 0.4) is 0 Å². The fraction of sp³-hybridized carbons (Fsp3) is 0.500. The maximum Gasteiger partial charge on any atom is 1.00 e. The number of rotatable bonds is 6. The summed E-state index contributed by atoms with van der Waals surface area (Å²) in [5.41, 5.74) is -0.0118. The van der Waals surface area contributed by atoms with Gasteiger partial charge in [-0.05, 0) is 12.0 Å². The minimum absolute atomic E-state index is 0. The summed E-state index contributed by atoms with van der Waals surface area (Å²) < 4.78 is 0. The van der Waals surface area contributed by atoms with Gasteiger partial charge in [0.2, 0.25) is 0 Å². The van der Waals surface area contributed by atoms with Crippen molar-refractivity contribution < 1.29 is 28.8 Å². The van der Waals surface area contributed by atoms with E-state index in [9.17, 15) is 9.90 Å². The van der Waals surface area contributed by atoms with Crippen molar-refractivity contribution in [3.05, 3.63) is 35.9 Å². The Balaban J connectivity index is 0.00000256. The summed E-state index contributed by atoms with van der Waals surface area (Å²) in [6.07, 6.45) is 3.73. The summed E-state index contributed by atoms with van der Waals surface area (Å²) in [4.78, 5) is 11.3. The Hall–Kier alpha value is -0.713. The van der Waals surface area contributed by atoms with Gasteiger partial charge in [0.1, 0.15) is 0 Å². The molecular formula is C14H19LiO2. The third-order valence-electron chi connectivity index (χ3n) is 3.14. The van der Waals surface area contributed by atoms with Crippen molar-refractivity contribution >= 4 is 5.97 Å². The minimum Gasteiger partial charge on any atom is -0.549 e. The first-order valence-electron chi connectivity index (χ1n) is 5.88. The molecule has 1 rings (SSSR count). The maximum absolute atomic E-state index is 11.3. The molecule has 3 heteroatoms. The largest absolute Gasteiger partial charge is 1.00 e. The summed E-state index contributed by atoms with van der Waals surface area (Å²) >= 11 is 0. The number of carboxylic acid groups (broad SMARTS) is 1. The second kappa shape index (κ2) is 7.58. The molecule has 0 fully saturated rings. The van der Waals surface area contributed by atoms with Crippen molar-refractivity contribution in [2.45, 2.75) is 44.9 Å². The number of carboxylic acids is 1. The zero-order chi connectivity index (χ0) is 12.0. The third-order valence-corrected chi connectivity index (χ3v) is 3.14. The number of aliphatic carboxylic acids is 1. The van der Waals surface area contributed by atoms with Gasteiger partial charge in [0.25, 0.3) is 0 Å². The summed E-state index contributed by atoms with van der Waals surface area (Å²) in [6, 6.07) is 9.36. The quantitative estimate of drug-likeness (QED) is 0.474. The van der Waals surface area contributed by atoms with Crippen molar-refractivity contribution in [1.82, 2.24) is 0 Å². The molecular weight excluding hydrogens is 207 g/mol. The Morgan fingerprint density at radius 3 is 2.29 bits per heavy atom. The molecule has 0 saturated carbocycles. The molecule has 0 radical (unpaired) electrons. The zero-order valence-corrected chi connectivity index (χ0v) is 11.0. The number of benzene rings is 1. The van der Waals surface area contributed by atoms with Crippen molar-refractivity contribution in [2.75, 3.05) is 0 Å². The van der Waals surface area contributed by atoms with Gasteiger partial charge in [-0.2, -0.15) is 0 Å². The molecule has 1 aromatic rings. The van der Waals surface area contributed by atoms with Crippen LogP contribution in [-0.4, -0.2) is 5.97 Å². The van der Waals surface area contributed by atoms with Crippen molar-refractivity contribution in [3.63, 3.8) is 0 Å². The van der Waals surface area contributed by atoms with E-state index in [1.807, 2.05) is 30.3 Å². The van der Waals surface area contributed by atoms with E-state index in [1.54, 1.807) is 6.92 Å². The number of unbranched alkanes of at least 4 members (excludes halogenated alkanes) is 2. The number of carbonyl (C=O) groups is 1. The minimum atomic E-state index is -0.977. The maximum atomic E-state index is 11.3. The first-order chi connectivity index (χ1) is 7.61. The van der Waals surface area contributed by atoms with Crippen LogP contribution in [0.4, 0.5) is 0 Å². The average molecular weight is 226 g/mol. The van der Waals surface area contributed by atoms with Crippen LogP contribution in [0.25, 0.3) is 0 Å². The smallest absolute Gasteiger partial charge is 0.549 e. The SMILES string of the molecule is CCCCCC(C)(C(=O)[O-])c1ccccc1.[Li+]. The van der Waals surface area contributed by atoms with E-state index in [0.717, 1.165) is 24.8 Å². The Kier molecular flexibility index (Phi) is 7.26. The van der Waals surface area contributed by atoms with Crippen LogP contribution in [0.15, 0.2) is 30.3 Å². The molecule has 2 nitrogen and oxygen atoms in total. The van der Waals surface area contributed by atoms with Crippen LogP contribution in [0, 0.1) is 0 Å². The molecule has 0 spiro atoms. The van der Waals surface area contributed by atoms with Gasteiger partial charge in [0.05, 0.1) is 5.97 Å². The molecule has 1 unspecified atom stereocenters. The van der Waals surface area contributed by atoms with Crippen molar-refractivity contribution in [3.8, 4) is 0 Å². The average Bonchev–Trinajstić information content (AvgIpc) is 2.30. The molecule has 0 saturated heterocycles.